The number of carboxylic acids is 1. The van der Waals surface area contributed by atoms with E-state index in [9.17, 15) is 9.59 Å². The van der Waals surface area contributed by atoms with E-state index in [1.165, 1.54) is 16.7 Å². The minimum Gasteiger partial charge on any atom is -0.480 e. The smallest absolute Gasteiger partial charge is 0.327 e. The fourth-order valence-corrected chi connectivity index (χ4v) is 2.66. The Hall–Kier alpha value is -1.70. The van der Waals surface area contributed by atoms with Gasteiger partial charge in [0, 0.05) is 25.1 Å². The van der Waals surface area contributed by atoms with Crippen LogP contribution in [0.2, 0.25) is 0 Å². The van der Waals surface area contributed by atoms with Crippen LogP contribution in [-0.2, 0) is 11.8 Å². The summed E-state index contributed by atoms with van der Waals surface area (Å²) in [4.78, 5) is 24.0. The number of carbonyl (C=O) groups excluding carboxylic acids is 1. The first-order valence-corrected chi connectivity index (χ1v) is 6.11. The van der Waals surface area contributed by atoms with Crippen molar-refractivity contribution in [2.45, 2.75) is 6.04 Å². The summed E-state index contributed by atoms with van der Waals surface area (Å²) in [6, 6.07) is 0.460. The van der Waals surface area contributed by atoms with Crippen LogP contribution in [0, 0.1) is 0 Å². The average Bonchev–Trinajstić information content (AvgIpc) is 2.86. The van der Waals surface area contributed by atoms with E-state index < -0.39 is 18.0 Å². The number of carbonyl (C=O) groups is 2. The number of aliphatic carboxylic acids is 1. The second-order valence-corrected chi connectivity index (χ2v) is 4.63. The third kappa shape index (κ3) is 2.52. The van der Waals surface area contributed by atoms with Gasteiger partial charge in [-0.25, -0.2) is 9.59 Å². The number of urea groups is 1. The van der Waals surface area contributed by atoms with E-state index in [-0.39, 0.29) is 0 Å². The Morgan fingerprint density at radius 2 is 2.41 bits per heavy atom. The van der Waals surface area contributed by atoms with Gasteiger partial charge >= 0.3 is 12.0 Å². The summed E-state index contributed by atoms with van der Waals surface area (Å²) in [6.07, 6.45) is 1.70. The maximum atomic E-state index is 11.8. The standard InChI is InChI=1S/C9H12N4O3S/c1-12-3-2-7(11-12)10-9(16)13-5-17-4-6(13)8(14)15/h2-3,6H,4-5H2,1H3,(H,14,15)(H,10,11,16)/t6-/m0/s1. The number of hydrogen-bond donors (Lipinski definition) is 2. The molecule has 92 valence electrons. The number of nitrogens with zero attached hydrogens (tertiary/aromatic N) is 3. The van der Waals surface area contributed by atoms with Crippen molar-refractivity contribution in [3.63, 3.8) is 0 Å². The van der Waals surface area contributed by atoms with Crippen LogP contribution in [0.1, 0.15) is 0 Å². The Kier molecular flexibility index (Phi) is 3.23. The minimum absolute atomic E-state index is 0.385. The van der Waals surface area contributed by atoms with E-state index in [4.69, 9.17) is 5.11 Å². The fourth-order valence-electron chi connectivity index (χ4n) is 1.51. The number of carboxylic acid groups (broad SMARTS) is 1. The minimum atomic E-state index is -0.980. The zero-order valence-electron chi connectivity index (χ0n) is 9.16. The van der Waals surface area contributed by atoms with Crippen LogP contribution in [0.25, 0.3) is 0 Å². The molecule has 0 saturated carbocycles. The number of aryl methyl sites for hydroxylation is 1. The summed E-state index contributed by atoms with van der Waals surface area (Å²) in [5.41, 5.74) is 0. The highest BCUT2D eigenvalue weighted by molar-refractivity contribution is 7.99. The molecule has 17 heavy (non-hydrogen) atoms. The molecule has 0 aliphatic carbocycles. The lowest BCUT2D eigenvalue weighted by Crippen LogP contribution is -2.44. The first-order chi connectivity index (χ1) is 8.08. The lowest BCUT2D eigenvalue weighted by molar-refractivity contribution is -0.140. The maximum Gasteiger partial charge on any atom is 0.327 e. The second-order valence-electron chi connectivity index (χ2n) is 3.63. The molecule has 0 aromatic carbocycles. The summed E-state index contributed by atoms with van der Waals surface area (Å²) in [6.45, 7) is 0. The van der Waals surface area contributed by atoms with Gasteiger partial charge in [0.2, 0.25) is 0 Å². The molecule has 0 unspecified atom stereocenters. The van der Waals surface area contributed by atoms with Crippen molar-refractivity contribution in [1.82, 2.24) is 14.7 Å². The normalized spacial score (nSPS) is 19.4. The van der Waals surface area contributed by atoms with E-state index in [0.717, 1.165) is 0 Å². The molecule has 1 aromatic heterocycles. The molecule has 0 radical (unpaired) electrons. The molecular formula is C9H12N4O3S. The number of hydrogen-bond acceptors (Lipinski definition) is 4. The van der Waals surface area contributed by atoms with Gasteiger partial charge < -0.3 is 10.0 Å². The lowest BCUT2D eigenvalue weighted by atomic mass is 10.3. The third-order valence-electron chi connectivity index (χ3n) is 2.38. The molecular weight excluding hydrogens is 244 g/mol. The molecule has 2 amide bonds. The average molecular weight is 256 g/mol. The molecule has 2 N–H and O–H groups in total. The van der Waals surface area contributed by atoms with Crippen LogP contribution in [0.4, 0.5) is 10.6 Å². The maximum absolute atomic E-state index is 11.8. The summed E-state index contributed by atoms with van der Waals surface area (Å²) in [7, 11) is 1.74. The van der Waals surface area contributed by atoms with Crippen molar-refractivity contribution in [3.05, 3.63) is 12.3 Å². The summed E-state index contributed by atoms with van der Waals surface area (Å²) >= 11 is 1.42. The number of amides is 2. The first-order valence-electron chi connectivity index (χ1n) is 4.96. The number of anilines is 1. The highest BCUT2D eigenvalue weighted by Gasteiger charge is 2.34. The van der Waals surface area contributed by atoms with Crippen molar-refractivity contribution >= 4 is 29.6 Å². The van der Waals surface area contributed by atoms with Crippen molar-refractivity contribution in [1.29, 1.82) is 0 Å². The zero-order chi connectivity index (χ0) is 12.4. The first kappa shape index (κ1) is 11.8. The van der Waals surface area contributed by atoms with Gasteiger partial charge in [-0.15, -0.1) is 11.8 Å². The molecule has 1 fully saturated rings. The Morgan fingerprint density at radius 1 is 1.65 bits per heavy atom. The molecule has 7 nitrogen and oxygen atoms in total. The van der Waals surface area contributed by atoms with E-state index in [1.807, 2.05) is 0 Å². The van der Waals surface area contributed by atoms with Gasteiger partial charge in [0.1, 0.15) is 6.04 Å². The van der Waals surface area contributed by atoms with Crippen molar-refractivity contribution in [3.8, 4) is 0 Å². The van der Waals surface area contributed by atoms with Crippen LogP contribution in [0.5, 0.6) is 0 Å². The van der Waals surface area contributed by atoms with Gasteiger partial charge in [-0.3, -0.25) is 10.00 Å². The van der Waals surface area contributed by atoms with Crippen LogP contribution < -0.4 is 5.32 Å². The predicted octanol–water partition coefficient (Wildman–Crippen LogP) is 0.411. The summed E-state index contributed by atoms with van der Waals surface area (Å²) in [5.74, 6) is 0.241. The molecule has 0 spiro atoms. The molecule has 8 heteroatoms. The Bertz CT molecular complexity index is 447. The largest absolute Gasteiger partial charge is 0.480 e. The van der Waals surface area contributed by atoms with Gasteiger partial charge in [0.25, 0.3) is 0 Å². The molecule has 1 aromatic rings. The van der Waals surface area contributed by atoms with Crippen molar-refractivity contribution < 1.29 is 14.7 Å². The van der Waals surface area contributed by atoms with E-state index in [0.29, 0.717) is 17.4 Å². The van der Waals surface area contributed by atoms with Crippen molar-refractivity contribution in [2.75, 3.05) is 16.9 Å². The van der Waals surface area contributed by atoms with Crippen LogP contribution in [0.15, 0.2) is 12.3 Å². The predicted molar refractivity (Wildman–Crippen MR) is 62.8 cm³/mol. The number of aromatic nitrogens is 2. The third-order valence-corrected chi connectivity index (χ3v) is 3.39. The van der Waals surface area contributed by atoms with E-state index in [2.05, 4.69) is 10.4 Å². The molecule has 2 heterocycles. The van der Waals surface area contributed by atoms with Gasteiger partial charge in [0.15, 0.2) is 5.82 Å². The van der Waals surface area contributed by atoms with Gasteiger partial charge in [-0.1, -0.05) is 0 Å². The number of nitrogens with one attached hydrogen (secondary N) is 1. The van der Waals surface area contributed by atoms with Crippen molar-refractivity contribution in [2.24, 2.45) is 7.05 Å². The second kappa shape index (κ2) is 4.66. The molecule has 2 rings (SSSR count). The fraction of sp³-hybridized carbons (Fsp3) is 0.444. The Morgan fingerprint density at radius 3 is 3.00 bits per heavy atom. The highest BCUT2D eigenvalue weighted by Crippen LogP contribution is 2.21. The summed E-state index contributed by atoms with van der Waals surface area (Å²) in [5, 5.41) is 15.5. The quantitative estimate of drug-likeness (QED) is 0.800. The Balaban J connectivity index is 2.02. The van der Waals surface area contributed by atoms with Crippen LogP contribution in [0.3, 0.4) is 0 Å². The van der Waals surface area contributed by atoms with E-state index in [1.54, 1.807) is 24.0 Å². The molecule has 1 atom stereocenters. The number of rotatable bonds is 2. The monoisotopic (exact) mass is 256 g/mol. The molecule has 1 aliphatic heterocycles. The van der Waals surface area contributed by atoms with Gasteiger partial charge in [-0.05, 0) is 0 Å². The number of thioether (sulfide) groups is 1. The highest BCUT2D eigenvalue weighted by atomic mass is 32.2. The lowest BCUT2D eigenvalue weighted by Gasteiger charge is -2.19. The van der Waals surface area contributed by atoms with E-state index >= 15 is 0 Å². The van der Waals surface area contributed by atoms with Gasteiger partial charge in [-0.2, -0.15) is 5.10 Å². The SMILES string of the molecule is Cn1ccc(NC(=O)N2CSC[C@H]2C(=O)O)n1. The van der Waals surface area contributed by atoms with Gasteiger partial charge in [0.05, 0.1) is 5.88 Å². The molecule has 1 aliphatic rings. The molecule has 1 saturated heterocycles. The van der Waals surface area contributed by atoms with Crippen LogP contribution in [-0.4, -0.2) is 49.5 Å². The summed E-state index contributed by atoms with van der Waals surface area (Å²) < 4.78 is 1.56. The molecule has 0 bridgehead atoms. The zero-order valence-corrected chi connectivity index (χ0v) is 9.98. The topological polar surface area (TPSA) is 87.5 Å². The van der Waals surface area contributed by atoms with Crippen LogP contribution >= 0.6 is 11.8 Å². The Labute approximate surface area is 102 Å².